The molecule has 1 heterocycles. The summed E-state index contributed by atoms with van der Waals surface area (Å²) in [6, 6.07) is 5.71. The summed E-state index contributed by atoms with van der Waals surface area (Å²) in [5.74, 6) is -0.249. The van der Waals surface area contributed by atoms with E-state index in [9.17, 15) is 4.39 Å². The number of aromatic nitrogens is 2. The molecule has 1 aromatic carbocycles. The second kappa shape index (κ2) is 5.06. The molecule has 0 aliphatic heterocycles. The van der Waals surface area contributed by atoms with Crippen LogP contribution in [0.25, 0.3) is 11.3 Å². The molecule has 100 valence electrons. The molecule has 0 saturated heterocycles. The zero-order chi connectivity index (χ0) is 13.4. The van der Waals surface area contributed by atoms with Gasteiger partial charge in [0.1, 0.15) is 5.82 Å². The summed E-state index contributed by atoms with van der Waals surface area (Å²) in [5, 5.41) is 7.83. The van der Waals surface area contributed by atoms with Gasteiger partial charge in [0, 0.05) is 41.4 Å². The number of aryl methyl sites for hydroxylation is 1. The summed E-state index contributed by atoms with van der Waals surface area (Å²) in [6.07, 6.45) is 4.43. The van der Waals surface area contributed by atoms with Crippen molar-refractivity contribution >= 4 is 15.9 Å². The van der Waals surface area contributed by atoms with Gasteiger partial charge >= 0.3 is 0 Å². The van der Waals surface area contributed by atoms with Crippen molar-refractivity contribution in [1.29, 1.82) is 0 Å². The van der Waals surface area contributed by atoms with E-state index in [0.29, 0.717) is 11.6 Å². The van der Waals surface area contributed by atoms with E-state index in [1.807, 2.05) is 19.3 Å². The Balaban J connectivity index is 1.93. The van der Waals surface area contributed by atoms with Crippen molar-refractivity contribution in [2.45, 2.75) is 25.4 Å². The molecule has 0 unspecified atom stereocenters. The van der Waals surface area contributed by atoms with Gasteiger partial charge in [0.15, 0.2) is 0 Å². The Bertz CT molecular complexity index is 605. The molecule has 0 amide bonds. The Hall–Kier alpha value is -1.20. The molecule has 19 heavy (non-hydrogen) atoms. The lowest BCUT2D eigenvalue weighted by molar-refractivity contribution is 0.628. The van der Waals surface area contributed by atoms with Crippen LogP contribution in [0.5, 0.6) is 0 Å². The number of benzene rings is 1. The molecule has 1 aliphatic carbocycles. The number of hydrogen-bond acceptors (Lipinski definition) is 2. The minimum Gasteiger partial charge on any atom is -0.310 e. The molecule has 3 rings (SSSR count). The van der Waals surface area contributed by atoms with Crippen LogP contribution in [0.2, 0.25) is 0 Å². The first-order valence-electron chi connectivity index (χ1n) is 6.35. The van der Waals surface area contributed by atoms with Gasteiger partial charge < -0.3 is 5.32 Å². The van der Waals surface area contributed by atoms with E-state index >= 15 is 0 Å². The summed E-state index contributed by atoms with van der Waals surface area (Å²) >= 11 is 3.27. The molecule has 0 radical (unpaired) electrons. The largest absolute Gasteiger partial charge is 0.310 e. The van der Waals surface area contributed by atoms with Gasteiger partial charge in [-0.05, 0) is 31.0 Å². The zero-order valence-corrected chi connectivity index (χ0v) is 12.2. The molecule has 1 saturated carbocycles. The molecule has 1 aromatic heterocycles. The first kappa shape index (κ1) is 12.8. The normalized spacial score (nSPS) is 14.9. The molecule has 1 aliphatic rings. The van der Waals surface area contributed by atoms with Crippen LogP contribution in [0.4, 0.5) is 4.39 Å². The Labute approximate surface area is 119 Å². The molecule has 3 nitrogen and oxygen atoms in total. The van der Waals surface area contributed by atoms with Crippen molar-refractivity contribution in [2.75, 3.05) is 0 Å². The van der Waals surface area contributed by atoms with Crippen molar-refractivity contribution in [1.82, 2.24) is 15.1 Å². The third kappa shape index (κ3) is 2.87. The molecular formula is C14H15BrFN3. The SMILES string of the molecule is Cn1cc(CNC2CC2)c(-c2ccc(Br)cc2F)n1. The second-order valence-corrected chi connectivity index (χ2v) is 5.87. The number of nitrogens with zero attached hydrogens (tertiary/aromatic N) is 2. The van der Waals surface area contributed by atoms with E-state index in [1.54, 1.807) is 10.7 Å². The maximum Gasteiger partial charge on any atom is 0.133 e. The fraction of sp³-hybridized carbons (Fsp3) is 0.357. The van der Waals surface area contributed by atoms with Crippen LogP contribution < -0.4 is 5.32 Å². The lowest BCUT2D eigenvalue weighted by Gasteiger charge is -2.05. The average molecular weight is 324 g/mol. The van der Waals surface area contributed by atoms with Crippen LogP contribution >= 0.6 is 15.9 Å². The Morgan fingerprint density at radius 2 is 2.26 bits per heavy atom. The zero-order valence-electron chi connectivity index (χ0n) is 10.7. The third-order valence-corrected chi connectivity index (χ3v) is 3.74. The van der Waals surface area contributed by atoms with Crippen LogP contribution in [-0.2, 0) is 13.6 Å². The van der Waals surface area contributed by atoms with Crippen molar-refractivity contribution in [3.8, 4) is 11.3 Å². The highest BCUT2D eigenvalue weighted by molar-refractivity contribution is 9.10. The summed E-state index contributed by atoms with van der Waals surface area (Å²) in [5.41, 5.74) is 2.31. The highest BCUT2D eigenvalue weighted by Gasteiger charge is 2.22. The Kier molecular flexibility index (Phi) is 3.41. The topological polar surface area (TPSA) is 29.9 Å². The minimum atomic E-state index is -0.249. The lowest BCUT2D eigenvalue weighted by atomic mass is 10.1. The van der Waals surface area contributed by atoms with Crippen molar-refractivity contribution in [3.63, 3.8) is 0 Å². The number of halogens is 2. The maximum atomic E-state index is 14.0. The maximum absolute atomic E-state index is 14.0. The van der Waals surface area contributed by atoms with Gasteiger partial charge in [-0.2, -0.15) is 5.10 Å². The van der Waals surface area contributed by atoms with Crippen molar-refractivity contribution in [3.05, 3.63) is 40.2 Å². The quantitative estimate of drug-likeness (QED) is 0.936. The first-order valence-corrected chi connectivity index (χ1v) is 7.14. The Morgan fingerprint density at radius 3 is 2.95 bits per heavy atom. The molecule has 0 atom stereocenters. The standard InChI is InChI=1S/C14H15BrFN3/c1-19-8-9(7-17-11-3-4-11)14(18-19)12-5-2-10(15)6-13(12)16/h2,5-6,8,11,17H,3-4,7H2,1H3. The lowest BCUT2D eigenvalue weighted by Crippen LogP contribution is -2.15. The van der Waals surface area contributed by atoms with E-state index in [-0.39, 0.29) is 5.82 Å². The molecule has 1 N–H and O–H groups in total. The second-order valence-electron chi connectivity index (χ2n) is 4.96. The molecule has 0 spiro atoms. The fourth-order valence-corrected chi connectivity index (χ4v) is 2.45. The Morgan fingerprint density at radius 1 is 1.47 bits per heavy atom. The van der Waals surface area contributed by atoms with Crippen molar-refractivity contribution in [2.24, 2.45) is 7.05 Å². The minimum absolute atomic E-state index is 0.249. The van der Waals surface area contributed by atoms with Crippen molar-refractivity contribution < 1.29 is 4.39 Å². The number of hydrogen-bond donors (Lipinski definition) is 1. The average Bonchev–Trinajstić information content (AvgIpc) is 3.10. The predicted molar refractivity (Wildman–Crippen MR) is 76.2 cm³/mol. The van der Waals surface area contributed by atoms with Crippen LogP contribution in [0, 0.1) is 5.82 Å². The van der Waals surface area contributed by atoms with Crippen LogP contribution in [0.3, 0.4) is 0 Å². The third-order valence-electron chi connectivity index (χ3n) is 3.25. The van der Waals surface area contributed by atoms with E-state index in [4.69, 9.17) is 0 Å². The molecule has 0 bridgehead atoms. The monoisotopic (exact) mass is 323 g/mol. The number of rotatable bonds is 4. The smallest absolute Gasteiger partial charge is 0.133 e. The van der Waals surface area contributed by atoms with Gasteiger partial charge in [0.25, 0.3) is 0 Å². The van der Waals surface area contributed by atoms with Gasteiger partial charge in [0.05, 0.1) is 5.69 Å². The van der Waals surface area contributed by atoms with Gasteiger partial charge in [0.2, 0.25) is 0 Å². The first-order chi connectivity index (χ1) is 9.13. The molecule has 5 heteroatoms. The van der Waals surface area contributed by atoms with E-state index in [1.165, 1.54) is 18.9 Å². The van der Waals surface area contributed by atoms with Gasteiger partial charge in [-0.15, -0.1) is 0 Å². The fourth-order valence-electron chi connectivity index (χ4n) is 2.12. The summed E-state index contributed by atoms with van der Waals surface area (Å²) < 4.78 is 16.5. The highest BCUT2D eigenvalue weighted by Crippen LogP contribution is 2.28. The van der Waals surface area contributed by atoms with E-state index < -0.39 is 0 Å². The van der Waals surface area contributed by atoms with Gasteiger partial charge in [-0.3, -0.25) is 4.68 Å². The van der Waals surface area contributed by atoms with E-state index in [0.717, 1.165) is 22.3 Å². The number of nitrogens with one attached hydrogen (secondary N) is 1. The molecule has 1 fully saturated rings. The predicted octanol–water partition coefficient (Wildman–Crippen LogP) is 3.24. The summed E-state index contributed by atoms with van der Waals surface area (Å²) in [4.78, 5) is 0. The summed E-state index contributed by atoms with van der Waals surface area (Å²) in [6.45, 7) is 0.739. The van der Waals surface area contributed by atoms with Crippen LogP contribution in [0.1, 0.15) is 18.4 Å². The summed E-state index contributed by atoms with van der Waals surface area (Å²) in [7, 11) is 1.86. The molecule has 2 aromatic rings. The van der Waals surface area contributed by atoms with Gasteiger partial charge in [-0.1, -0.05) is 15.9 Å². The highest BCUT2D eigenvalue weighted by atomic mass is 79.9. The van der Waals surface area contributed by atoms with Crippen LogP contribution in [-0.4, -0.2) is 15.8 Å². The van der Waals surface area contributed by atoms with Crippen LogP contribution in [0.15, 0.2) is 28.9 Å². The van der Waals surface area contributed by atoms with Gasteiger partial charge in [-0.25, -0.2) is 4.39 Å². The molecular weight excluding hydrogens is 309 g/mol. The van der Waals surface area contributed by atoms with E-state index in [2.05, 4.69) is 26.3 Å².